The van der Waals surface area contributed by atoms with Crippen molar-refractivity contribution in [2.24, 2.45) is 10.8 Å². The summed E-state index contributed by atoms with van der Waals surface area (Å²) >= 11 is 6.31. The van der Waals surface area contributed by atoms with Gasteiger partial charge in [0.25, 0.3) is 0 Å². The van der Waals surface area contributed by atoms with Gasteiger partial charge in [0.1, 0.15) is 5.75 Å². The Bertz CT molecular complexity index is 1190. The zero-order valence-corrected chi connectivity index (χ0v) is 21.3. The Morgan fingerprint density at radius 3 is 2.39 bits per heavy atom. The number of hydrogen-bond donors (Lipinski definition) is 3. The second-order valence-corrected chi connectivity index (χ2v) is 9.77. The standard InChI is InChI=1S/C28H31ClN2O5/c1-18-27(25(32)33,13-6-9-20-8-4-12-23(16-20)36-3)24(21-10-5-11-22(29)17-21)28(26(34)35,14-7-15-30)19(2)31-18/h4-6,8-12,16-19,24,31H,7,13-14H2,1-3H3,(H,32,33)(H,34,35). The number of aliphatic carboxylic acids is 2. The van der Waals surface area contributed by atoms with Gasteiger partial charge in [-0.2, -0.15) is 5.26 Å². The highest BCUT2D eigenvalue weighted by atomic mass is 35.5. The Morgan fingerprint density at radius 1 is 1.11 bits per heavy atom. The molecule has 36 heavy (non-hydrogen) atoms. The molecule has 2 aromatic rings. The van der Waals surface area contributed by atoms with E-state index in [-0.39, 0.29) is 19.3 Å². The maximum atomic E-state index is 13.2. The van der Waals surface area contributed by atoms with Crippen LogP contribution < -0.4 is 10.1 Å². The van der Waals surface area contributed by atoms with Crippen LogP contribution in [0.5, 0.6) is 5.75 Å². The third-order valence-electron chi connectivity index (χ3n) is 7.56. The Kier molecular flexibility index (Phi) is 8.44. The fourth-order valence-corrected chi connectivity index (χ4v) is 5.98. The van der Waals surface area contributed by atoms with Crippen LogP contribution in [0.3, 0.4) is 0 Å². The number of allylic oxidation sites excluding steroid dienone is 1. The molecule has 7 nitrogen and oxygen atoms in total. The average Bonchev–Trinajstić information content (AvgIpc) is 2.84. The number of nitriles is 1. The highest BCUT2D eigenvalue weighted by Gasteiger charge is 2.66. The Balaban J connectivity index is 2.24. The van der Waals surface area contributed by atoms with Gasteiger partial charge in [-0.25, -0.2) is 0 Å². The van der Waals surface area contributed by atoms with E-state index in [0.29, 0.717) is 16.3 Å². The maximum absolute atomic E-state index is 13.2. The molecule has 190 valence electrons. The first-order valence-corrected chi connectivity index (χ1v) is 12.2. The van der Waals surface area contributed by atoms with Crippen molar-refractivity contribution >= 4 is 29.6 Å². The second kappa shape index (κ2) is 11.2. The number of rotatable bonds is 9. The van der Waals surface area contributed by atoms with E-state index in [1.165, 1.54) is 0 Å². The van der Waals surface area contributed by atoms with Gasteiger partial charge in [-0.05, 0) is 62.1 Å². The van der Waals surface area contributed by atoms with Gasteiger partial charge in [-0.3, -0.25) is 9.59 Å². The molecule has 5 atom stereocenters. The van der Waals surface area contributed by atoms with Gasteiger partial charge >= 0.3 is 11.9 Å². The van der Waals surface area contributed by atoms with Crippen LogP contribution in [-0.2, 0) is 9.59 Å². The van der Waals surface area contributed by atoms with Gasteiger partial charge < -0.3 is 20.3 Å². The summed E-state index contributed by atoms with van der Waals surface area (Å²) in [5.74, 6) is -2.55. The topological polar surface area (TPSA) is 120 Å². The molecule has 2 aromatic carbocycles. The molecule has 1 heterocycles. The fourth-order valence-electron chi connectivity index (χ4n) is 5.78. The van der Waals surface area contributed by atoms with Crippen molar-refractivity contribution in [3.8, 4) is 11.8 Å². The summed E-state index contributed by atoms with van der Waals surface area (Å²) in [7, 11) is 1.57. The van der Waals surface area contributed by atoms with Gasteiger partial charge in [0.2, 0.25) is 0 Å². The minimum atomic E-state index is -1.56. The molecule has 0 bridgehead atoms. The van der Waals surface area contributed by atoms with E-state index in [2.05, 4.69) is 11.4 Å². The van der Waals surface area contributed by atoms with Crippen molar-refractivity contribution < 1.29 is 24.5 Å². The number of ether oxygens (including phenoxy) is 1. The van der Waals surface area contributed by atoms with Crippen molar-refractivity contribution in [3.63, 3.8) is 0 Å². The second-order valence-electron chi connectivity index (χ2n) is 9.33. The van der Waals surface area contributed by atoms with Crippen molar-refractivity contribution in [1.29, 1.82) is 5.26 Å². The number of benzene rings is 2. The highest BCUT2D eigenvalue weighted by Crippen LogP contribution is 2.59. The van der Waals surface area contributed by atoms with E-state index >= 15 is 0 Å². The average molecular weight is 511 g/mol. The molecule has 3 N–H and O–H groups in total. The molecule has 0 spiro atoms. The summed E-state index contributed by atoms with van der Waals surface area (Å²) in [6.07, 6.45) is 3.60. The van der Waals surface area contributed by atoms with Crippen LogP contribution in [0.4, 0.5) is 0 Å². The summed E-state index contributed by atoms with van der Waals surface area (Å²) < 4.78 is 5.27. The summed E-state index contributed by atoms with van der Waals surface area (Å²) in [4.78, 5) is 26.2. The van der Waals surface area contributed by atoms with Crippen LogP contribution in [0.2, 0.25) is 5.02 Å². The highest BCUT2D eigenvalue weighted by molar-refractivity contribution is 6.30. The molecule has 8 heteroatoms. The summed E-state index contributed by atoms with van der Waals surface area (Å²) in [5.41, 5.74) is -1.75. The van der Waals surface area contributed by atoms with E-state index in [4.69, 9.17) is 16.3 Å². The number of nitrogens with one attached hydrogen (secondary N) is 1. The molecule has 1 fully saturated rings. The van der Waals surface area contributed by atoms with Crippen molar-refractivity contribution in [1.82, 2.24) is 5.32 Å². The number of methoxy groups -OCH3 is 1. The van der Waals surface area contributed by atoms with Crippen molar-refractivity contribution in [2.45, 2.75) is 51.1 Å². The van der Waals surface area contributed by atoms with Crippen LogP contribution in [-0.4, -0.2) is 41.3 Å². The maximum Gasteiger partial charge on any atom is 0.312 e. The third kappa shape index (κ3) is 4.84. The Labute approximate surface area is 216 Å². The first-order chi connectivity index (χ1) is 17.1. The van der Waals surface area contributed by atoms with E-state index in [1.807, 2.05) is 30.3 Å². The fraction of sp³-hybridized carbons (Fsp3) is 0.393. The van der Waals surface area contributed by atoms with Crippen molar-refractivity contribution in [3.05, 3.63) is 70.8 Å². The quantitative estimate of drug-likeness (QED) is 0.415. The lowest BCUT2D eigenvalue weighted by Crippen LogP contribution is -2.69. The lowest BCUT2D eigenvalue weighted by atomic mass is 9.49. The molecule has 1 aliphatic rings. The SMILES string of the molecule is COc1cccc(C=CCC2(C(=O)O)C(C)NC(C)C(CCC#N)(C(=O)O)C2c2cccc(Cl)c2)c1. The van der Waals surface area contributed by atoms with Crippen LogP contribution >= 0.6 is 11.6 Å². The molecule has 0 saturated carbocycles. The van der Waals surface area contributed by atoms with E-state index in [9.17, 15) is 25.1 Å². The summed E-state index contributed by atoms with van der Waals surface area (Å²) in [6.45, 7) is 3.52. The molecule has 0 radical (unpaired) electrons. The predicted molar refractivity (Wildman–Crippen MR) is 138 cm³/mol. The lowest BCUT2D eigenvalue weighted by molar-refractivity contribution is -0.172. The minimum Gasteiger partial charge on any atom is -0.497 e. The molecule has 5 unspecified atom stereocenters. The molecule has 1 saturated heterocycles. The monoisotopic (exact) mass is 510 g/mol. The molecule has 3 rings (SSSR count). The normalized spacial score (nSPS) is 27.9. The van der Waals surface area contributed by atoms with Gasteiger partial charge in [-0.1, -0.05) is 48.0 Å². The number of piperidine rings is 1. The summed E-state index contributed by atoms with van der Waals surface area (Å²) in [5, 5.41) is 34.4. The van der Waals surface area contributed by atoms with Gasteiger partial charge in [0.15, 0.2) is 0 Å². The van der Waals surface area contributed by atoms with E-state index in [0.717, 1.165) is 5.56 Å². The zero-order chi connectivity index (χ0) is 26.5. The molecule has 0 aromatic heterocycles. The van der Waals surface area contributed by atoms with Crippen LogP contribution in [0.15, 0.2) is 54.6 Å². The number of halogens is 1. The largest absolute Gasteiger partial charge is 0.497 e. The molecular formula is C28H31ClN2O5. The number of carboxylic acids is 2. The molecule has 0 aliphatic carbocycles. The minimum absolute atomic E-state index is 0.00840. The number of nitrogens with zero attached hydrogens (tertiary/aromatic N) is 1. The van der Waals surface area contributed by atoms with E-state index < -0.39 is 40.8 Å². The first-order valence-electron chi connectivity index (χ1n) is 11.8. The van der Waals surface area contributed by atoms with Gasteiger partial charge in [-0.15, -0.1) is 0 Å². The number of hydrogen-bond acceptors (Lipinski definition) is 5. The van der Waals surface area contributed by atoms with Crippen molar-refractivity contribution in [2.75, 3.05) is 7.11 Å². The first kappa shape index (κ1) is 27.3. The number of carboxylic acid groups (broad SMARTS) is 2. The number of carbonyl (C=O) groups is 2. The third-order valence-corrected chi connectivity index (χ3v) is 7.80. The zero-order valence-electron chi connectivity index (χ0n) is 20.6. The molecule has 0 amide bonds. The van der Waals surface area contributed by atoms with Gasteiger partial charge in [0, 0.05) is 29.4 Å². The van der Waals surface area contributed by atoms with E-state index in [1.54, 1.807) is 51.3 Å². The summed E-state index contributed by atoms with van der Waals surface area (Å²) in [6, 6.07) is 15.0. The smallest absolute Gasteiger partial charge is 0.312 e. The van der Waals surface area contributed by atoms with Crippen LogP contribution in [0.25, 0.3) is 6.08 Å². The van der Waals surface area contributed by atoms with Crippen LogP contribution in [0, 0.1) is 22.2 Å². The molecule has 1 aliphatic heterocycles. The Morgan fingerprint density at radius 2 is 1.78 bits per heavy atom. The van der Waals surface area contributed by atoms with Crippen LogP contribution in [0.1, 0.15) is 50.2 Å². The van der Waals surface area contributed by atoms with Gasteiger partial charge in [0.05, 0.1) is 24.0 Å². The predicted octanol–water partition coefficient (Wildman–Crippen LogP) is 5.36. The molecular weight excluding hydrogens is 480 g/mol. The Hall–Kier alpha value is -3.34. The lowest BCUT2D eigenvalue weighted by Gasteiger charge is -2.57.